The van der Waals surface area contributed by atoms with Crippen molar-refractivity contribution >= 4 is 44.7 Å². The number of nitrogens with one attached hydrogen (secondary N) is 1. The van der Waals surface area contributed by atoms with Crippen LogP contribution in [0.1, 0.15) is 23.3 Å². The standard InChI is InChI=1S/C18H16ClN3O2S/c19-11-4-3-5-12(8-11)21-15(23)9-22-10-20-17-16(18(22)24)13-6-1-2-7-14(13)25-17/h3-5,8,10H,1-2,6-7,9H2,(H,21,23). The van der Waals surface area contributed by atoms with Crippen molar-refractivity contribution in [3.63, 3.8) is 0 Å². The third-order valence-corrected chi connectivity index (χ3v) is 5.80. The number of hydrogen-bond acceptors (Lipinski definition) is 4. The molecule has 0 radical (unpaired) electrons. The van der Waals surface area contributed by atoms with Crippen LogP contribution in [0, 0.1) is 0 Å². The minimum Gasteiger partial charge on any atom is -0.324 e. The molecule has 2 heterocycles. The second kappa shape index (κ2) is 6.61. The summed E-state index contributed by atoms with van der Waals surface area (Å²) in [6.45, 7) is -0.0705. The van der Waals surface area contributed by atoms with E-state index in [9.17, 15) is 9.59 Å². The molecule has 4 rings (SSSR count). The van der Waals surface area contributed by atoms with Gasteiger partial charge in [-0.15, -0.1) is 11.3 Å². The van der Waals surface area contributed by atoms with E-state index in [0.29, 0.717) is 16.1 Å². The lowest BCUT2D eigenvalue weighted by molar-refractivity contribution is -0.116. The van der Waals surface area contributed by atoms with Crippen molar-refractivity contribution in [3.05, 3.63) is 56.4 Å². The van der Waals surface area contributed by atoms with E-state index in [2.05, 4.69) is 10.3 Å². The first kappa shape index (κ1) is 16.3. The van der Waals surface area contributed by atoms with Crippen molar-refractivity contribution in [2.45, 2.75) is 32.2 Å². The zero-order valence-corrected chi connectivity index (χ0v) is 15.0. The molecule has 7 heteroatoms. The number of carbonyl (C=O) groups excluding carboxylic acids is 1. The van der Waals surface area contributed by atoms with Gasteiger partial charge in [0.25, 0.3) is 5.56 Å². The lowest BCUT2D eigenvalue weighted by atomic mass is 9.97. The fourth-order valence-corrected chi connectivity index (χ4v) is 4.63. The topological polar surface area (TPSA) is 64.0 Å². The largest absolute Gasteiger partial charge is 0.324 e. The lowest BCUT2D eigenvalue weighted by Crippen LogP contribution is -2.28. The van der Waals surface area contributed by atoms with Crippen molar-refractivity contribution in [1.29, 1.82) is 0 Å². The van der Waals surface area contributed by atoms with Crippen LogP contribution in [-0.4, -0.2) is 15.5 Å². The van der Waals surface area contributed by atoms with E-state index in [-0.39, 0.29) is 18.0 Å². The van der Waals surface area contributed by atoms with E-state index in [1.54, 1.807) is 35.6 Å². The Morgan fingerprint density at radius 1 is 1.32 bits per heavy atom. The molecule has 0 bridgehead atoms. The van der Waals surface area contributed by atoms with Gasteiger partial charge in [-0.2, -0.15) is 0 Å². The highest BCUT2D eigenvalue weighted by Gasteiger charge is 2.20. The van der Waals surface area contributed by atoms with Gasteiger partial charge in [-0.3, -0.25) is 14.2 Å². The van der Waals surface area contributed by atoms with Gasteiger partial charge in [-0.1, -0.05) is 17.7 Å². The molecule has 5 nitrogen and oxygen atoms in total. The molecule has 1 aromatic carbocycles. The minimum absolute atomic E-state index is 0.0705. The summed E-state index contributed by atoms with van der Waals surface area (Å²) >= 11 is 7.52. The molecule has 1 amide bonds. The summed E-state index contributed by atoms with van der Waals surface area (Å²) < 4.78 is 1.38. The molecule has 0 aliphatic heterocycles. The van der Waals surface area contributed by atoms with Crippen LogP contribution in [0.2, 0.25) is 5.02 Å². The van der Waals surface area contributed by atoms with Crippen LogP contribution in [0.15, 0.2) is 35.4 Å². The highest BCUT2D eigenvalue weighted by Crippen LogP contribution is 2.33. The molecule has 1 N–H and O–H groups in total. The Bertz CT molecular complexity index is 1020. The number of benzene rings is 1. The lowest BCUT2D eigenvalue weighted by Gasteiger charge is -2.10. The third kappa shape index (κ3) is 3.19. The summed E-state index contributed by atoms with van der Waals surface area (Å²) in [6, 6.07) is 6.91. The summed E-state index contributed by atoms with van der Waals surface area (Å²) in [5, 5.41) is 3.99. The number of hydrogen-bond donors (Lipinski definition) is 1. The van der Waals surface area contributed by atoms with Gasteiger partial charge in [0, 0.05) is 15.6 Å². The molecule has 128 valence electrons. The Labute approximate surface area is 153 Å². The van der Waals surface area contributed by atoms with Crippen molar-refractivity contribution in [2.24, 2.45) is 0 Å². The Balaban J connectivity index is 1.62. The van der Waals surface area contributed by atoms with E-state index < -0.39 is 0 Å². The van der Waals surface area contributed by atoms with Gasteiger partial charge >= 0.3 is 0 Å². The average Bonchev–Trinajstić information content (AvgIpc) is 2.96. The smallest absolute Gasteiger partial charge is 0.262 e. The molecule has 0 spiro atoms. The molecule has 0 atom stereocenters. The second-order valence-electron chi connectivity index (χ2n) is 6.13. The summed E-state index contributed by atoms with van der Waals surface area (Å²) in [6.07, 6.45) is 5.67. The molecule has 1 aliphatic carbocycles. The van der Waals surface area contributed by atoms with Crippen molar-refractivity contribution < 1.29 is 4.79 Å². The van der Waals surface area contributed by atoms with Crippen LogP contribution in [0.5, 0.6) is 0 Å². The monoisotopic (exact) mass is 373 g/mol. The number of aryl methyl sites for hydroxylation is 2. The molecule has 0 saturated carbocycles. The Morgan fingerprint density at radius 2 is 2.16 bits per heavy atom. The molecular formula is C18H16ClN3O2S. The first-order chi connectivity index (χ1) is 12.1. The number of fused-ring (bicyclic) bond motifs is 3. The molecule has 1 aliphatic rings. The van der Waals surface area contributed by atoms with Gasteiger partial charge in [-0.05, 0) is 49.4 Å². The predicted molar refractivity (Wildman–Crippen MR) is 101 cm³/mol. The molecule has 0 saturated heterocycles. The second-order valence-corrected chi connectivity index (χ2v) is 7.65. The average molecular weight is 374 g/mol. The van der Waals surface area contributed by atoms with Gasteiger partial charge in [0.2, 0.25) is 5.91 Å². The minimum atomic E-state index is -0.283. The maximum Gasteiger partial charge on any atom is 0.262 e. The number of thiophene rings is 1. The summed E-state index contributed by atoms with van der Waals surface area (Å²) in [7, 11) is 0. The highest BCUT2D eigenvalue weighted by molar-refractivity contribution is 7.18. The van der Waals surface area contributed by atoms with Crippen molar-refractivity contribution in [2.75, 3.05) is 5.32 Å². The molecular weight excluding hydrogens is 358 g/mol. The van der Waals surface area contributed by atoms with Crippen molar-refractivity contribution in [1.82, 2.24) is 9.55 Å². The Kier molecular flexibility index (Phi) is 4.31. The highest BCUT2D eigenvalue weighted by atomic mass is 35.5. The summed E-state index contributed by atoms with van der Waals surface area (Å²) in [5.74, 6) is -0.283. The Morgan fingerprint density at radius 3 is 3.00 bits per heavy atom. The quantitative estimate of drug-likeness (QED) is 0.762. The van der Waals surface area contributed by atoms with Crippen LogP contribution in [-0.2, 0) is 24.2 Å². The number of anilines is 1. The van der Waals surface area contributed by atoms with Crippen molar-refractivity contribution in [3.8, 4) is 0 Å². The number of carbonyl (C=O) groups is 1. The van der Waals surface area contributed by atoms with Crippen LogP contribution in [0.25, 0.3) is 10.2 Å². The zero-order chi connectivity index (χ0) is 17.4. The van der Waals surface area contributed by atoms with Gasteiger partial charge in [0.15, 0.2) is 0 Å². The molecule has 0 fully saturated rings. The van der Waals surface area contributed by atoms with E-state index in [4.69, 9.17) is 11.6 Å². The first-order valence-electron chi connectivity index (χ1n) is 8.17. The number of nitrogens with zero attached hydrogens (tertiary/aromatic N) is 2. The summed E-state index contributed by atoms with van der Waals surface area (Å²) in [4.78, 5) is 31.6. The van der Waals surface area contributed by atoms with Gasteiger partial charge < -0.3 is 5.32 Å². The predicted octanol–water partition coefficient (Wildman–Crippen LogP) is 3.63. The van der Waals surface area contributed by atoms with E-state index in [0.717, 1.165) is 36.1 Å². The molecule has 2 aromatic heterocycles. The van der Waals surface area contributed by atoms with Gasteiger partial charge in [-0.25, -0.2) is 4.98 Å². The van der Waals surface area contributed by atoms with Crippen LogP contribution < -0.4 is 10.9 Å². The first-order valence-corrected chi connectivity index (χ1v) is 9.36. The summed E-state index contributed by atoms with van der Waals surface area (Å²) in [5.41, 5.74) is 1.60. The van der Waals surface area contributed by atoms with E-state index >= 15 is 0 Å². The fourth-order valence-electron chi connectivity index (χ4n) is 3.22. The van der Waals surface area contributed by atoms with Crippen LogP contribution in [0.4, 0.5) is 5.69 Å². The Hall–Kier alpha value is -2.18. The van der Waals surface area contributed by atoms with E-state index in [1.165, 1.54) is 15.8 Å². The normalized spacial score (nSPS) is 13.6. The fraction of sp³-hybridized carbons (Fsp3) is 0.278. The number of halogens is 1. The molecule has 25 heavy (non-hydrogen) atoms. The number of aromatic nitrogens is 2. The maximum absolute atomic E-state index is 12.8. The molecule has 0 unspecified atom stereocenters. The zero-order valence-electron chi connectivity index (χ0n) is 13.4. The van der Waals surface area contributed by atoms with Gasteiger partial charge in [0.05, 0.1) is 11.7 Å². The maximum atomic E-state index is 12.8. The SMILES string of the molecule is O=C(Cn1cnc2sc3c(c2c1=O)CCCC3)Nc1cccc(Cl)c1. The van der Waals surface area contributed by atoms with Crippen LogP contribution >= 0.6 is 22.9 Å². The molecule has 3 aromatic rings. The van der Waals surface area contributed by atoms with Crippen LogP contribution in [0.3, 0.4) is 0 Å². The number of rotatable bonds is 3. The third-order valence-electron chi connectivity index (χ3n) is 4.36. The number of amides is 1. The van der Waals surface area contributed by atoms with Gasteiger partial charge in [0.1, 0.15) is 11.4 Å². The van der Waals surface area contributed by atoms with E-state index in [1.807, 2.05) is 0 Å².